The van der Waals surface area contributed by atoms with Gasteiger partial charge >= 0.3 is 6.09 Å². The van der Waals surface area contributed by atoms with Gasteiger partial charge in [0.05, 0.1) is 30.9 Å². The van der Waals surface area contributed by atoms with E-state index in [0.29, 0.717) is 28.7 Å². The summed E-state index contributed by atoms with van der Waals surface area (Å²) in [6, 6.07) is 13.9. The number of hydrogen-bond acceptors (Lipinski definition) is 6. The van der Waals surface area contributed by atoms with E-state index in [1.165, 1.54) is 18.3 Å². The Hall–Kier alpha value is -3.78. The molecule has 4 rings (SSSR count). The number of alkyl carbamates (subject to hydrolysis) is 1. The molecule has 3 aromatic rings. The fourth-order valence-corrected chi connectivity index (χ4v) is 3.96. The normalized spacial score (nSPS) is 14.3. The van der Waals surface area contributed by atoms with Gasteiger partial charge in [-0.05, 0) is 35.7 Å². The fourth-order valence-electron chi connectivity index (χ4n) is 3.96. The number of aldehydes is 1. The number of benzene rings is 2. The summed E-state index contributed by atoms with van der Waals surface area (Å²) in [5.74, 6) is -0.384. The van der Waals surface area contributed by atoms with Crippen molar-refractivity contribution in [3.8, 4) is 11.1 Å². The molecule has 1 fully saturated rings. The van der Waals surface area contributed by atoms with Crippen molar-refractivity contribution in [2.45, 2.75) is 19.1 Å². The third-order valence-corrected chi connectivity index (χ3v) is 5.49. The molecule has 2 heterocycles. The Bertz CT molecular complexity index is 1140. The zero-order chi connectivity index (χ0) is 23.4. The molecule has 0 unspecified atom stereocenters. The predicted molar refractivity (Wildman–Crippen MR) is 122 cm³/mol. The van der Waals surface area contributed by atoms with Crippen molar-refractivity contribution in [2.24, 2.45) is 0 Å². The molecule has 0 spiro atoms. The molecule has 2 aromatic carbocycles. The number of aliphatic hydroxyl groups is 1. The third kappa shape index (κ3) is 5.18. The summed E-state index contributed by atoms with van der Waals surface area (Å²) in [6.07, 6.45) is 3.08. The first-order valence-electron chi connectivity index (χ1n) is 10.5. The zero-order valence-corrected chi connectivity index (χ0v) is 18.1. The minimum Gasteiger partial charge on any atom is -0.445 e. The topological polar surface area (TPSA) is 91.8 Å². The molecule has 33 heavy (non-hydrogen) atoms. The summed E-state index contributed by atoms with van der Waals surface area (Å²) < 4.78 is 19.2. The van der Waals surface area contributed by atoms with E-state index in [1.54, 1.807) is 13.1 Å². The predicted octanol–water partition coefficient (Wildman–Crippen LogP) is 3.49. The number of halogens is 1. The molecule has 8 heteroatoms. The highest BCUT2D eigenvalue weighted by atomic mass is 19.1. The third-order valence-electron chi connectivity index (χ3n) is 5.49. The molecular weight excluding hydrogens is 425 g/mol. The largest absolute Gasteiger partial charge is 0.445 e. The van der Waals surface area contributed by atoms with Gasteiger partial charge in [0, 0.05) is 18.0 Å². The zero-order valence-electron chi connectivity index (χ0n) is 18.1. The van der Waals surface area contributed by atoms with Gasteiger partial charge in [0.2, 0.25) is 0 Å². The SMILES string of the molecule is Cc1cc(F)cc(-c2cncc(C=O)c2N2CC(O)(CNC(=O)OCc3ccccc3)C2)c1. The standard InChI is InChI=1S/C25H24FN3O4/c1-17-7-19(9-21(26)8-17)22-11-27-10-20(12-30)23(22)29-15-25(32,16-29)14-28-24(31)33-13-18-5-3-2-4-6-18/h2-12,32H,13-16H2,1H3,(H,28,31). The Balaban J connectivity index is 1.42. The molecule has 1 aromatic heterocycles. The lowest BCUT2D eigenvalue weighted by atomic mass is 9.90. The summed E-state index contributed by atoms with van der Waals surface area (Å²) in [5, 5.41) is 13.4. The Morgan fingerprint density at radius 3 is 2.70 bits per heavy atom. The van der Waals surface area contributed by atoms with Crippen LogP contribution in [0.5, 0.6) is 0 Å². The van der Waals surface area contributed by atoms with Crippen LogP contribution in [0, 0.1) is 12.7 Å². The highest BCUT2D eigenvalue weighted by Gasteiger charge is 2.43. The van der Waals surface area contributed by atoms with E-state index in [9.17, 15) is 19.1 Å². The van der Waals surface area contributed by atoms with E-state index in [0.717, 1.165) is 11.1 Å². The van der Waals surface area contributed by atoms with E-state index in [-0.39, 0.29) is 32.1 Å². The number of β-amino-alcohol motifs (C(OH)–C–C–N with tert-alkyl or cyclic N) is 1. The maximum Gasteiger partial charge on any atom is 0.407 e. The molecule has 0 radical (unpaired) electrons. The van der Waals surface area contributed by atoms with E-state index < -0.39 is 11.7 Å². The van der Waals surface area contributed by atoms with Crippen molar-refractivity contribution < 1.29 is 23.8 Å². The van der Waals surface area contributed by atoms with Crippen LogP contribution in [0.1, 0.15) is 21.5 Å². The summed E-state index contributed by atoms with van der Waals surface area (Å²) >= 11 is 0. The molecule has 1 aliphatic heterocycles. The van der Waals surface area contributed by atoms with Crippen LogP contribution < -0.4 is 10.2 Å². The van der Waals surface area contributed by atoms with Gasteiger partial charge in [0.25, 0.3) is 0 Å². The average molecular weight is 449 g/mol. The van der Waals surface area contributed by atoms with Crippen LogP contribution in [-0.4, -0.2) is 47.7 Å². The van der Waals surface area contributed by atoms with Crippen molar-refractivity contribution in [1.82, 2.24) is 10.3 Å². The molecule has 0 atom stereocenters. The number of amides is 1. The van der Waals surface area contributed by atoms with Crippen LogP contribution in [0.4, 0.5) is 14.9 Å². The number of ether oxygens (including phenoxy) is 1. The van der Waals surface area contributed by atoms with Gasteiger partial charge in [-0.15, -0.1) is 0 Å². The lowest BCUT2D eigenvalue weighted by Gasteiger charge is -2.48. The molecule has 2 N–H and O–H groups in total. The number of nitrogens with one attached hydrogen (secondary N) is 1. The number of aryl methyl sites for hydroxylation is 1. The van der Waals surface area contributed by atoms with E-state index in [1.807, 2.05) is 41.3 Å². The van der Waals surface area contributed by atoms with E-state index in [2.05, 4.69) is 10.3 Å². The summed E-state index contributed by atoms with van der Waals surface area (Å²) in [7, 11) is 0. The van der Waals surface area contributed by atoms with Crippen LogP contribution >= 0.6 is 0 Å². The first-order chi connectivity index (χ1) is 15.9. The van der Waals surface area contributed by atoms with Crippen LogP contribution in [0.3, 0.4) is 0 Å². The second kappa shape index (κ2) is 9.38. The molecule has 1 saturated heterocycles. The monoisotopic (exact) mass is 449 g/mol. The Labute approximate surface area is 190 Å². The van der Waals surface area contributed by atoms with Gasteiger partial charge in [0.15, 0.2) is 6.29 Å². The van der Waals surface area contributed by atoms with Crippen LogP contribution in [0.15, 0.2) is 60.9 Å². The second-order valence-electron chi connectivity index (χ2n) is 8.26. The number of aromatic nitrogens is 1. The molecule has 0 saturated carbocycles. The van der Waals surface area contributed by atoms with Crippen LogP contribution in [0.2, 0.25) is 0 Å². The maximum absolute atomic E-state index is 14.0. The molecule has 0 aliphatic carbocycles. The summed E-state index contributed by atoms with van der Waals surface area (Å²) in [5.41, 5.74) is 2.51. The lowest BCUT2D eigenvalue weighted by molar-refractivity contribution is 0.0117. The van der Waals surface area contributed by atoms with Gasteiger partial charge in [-0.1, -0.05) is 36.4 Å². The number of nitrogens with zero attached hydrogens (tertiary/aromatic N) is 2. The average Bonchev–Trinajstić information content (AvgIpc) is 2.79. The Morgan fingerprint density at radius 1 is 1.24 bits per heavy atom. The van der Waals surface area contributed by atoms with Crippen molar-refractivity contribution in [3.63, 3.8) is 0 Å². The Morgan fingerprint density at radius 2 is 2.00 bits per heavy atom. The first kappa shape index (κ1) is 22.4. The molecular formula is C25H24FN3O4. The molecule has 7 nitrogen and oxygen atoms in total. The number of rotatable bonds is 7. The molecule has 0 bridgehead atoms. The number of pyridine rings is 1. The van der Waals surface area contributed by atoms with Gasteiger partial charge in [-0.3, -0.25) is 9.78 Å². The van der Waals surface area contributed by atoms with Gasteiger partial charge < -0.3 is 20.1 Å². The van der Waals surface area contributed by atoms with Gasteiger partial charge in [-0.2, -0.15) is 0 Å². The van der Waals surface area contributed by atoms with Crippen LogP contribution in [0.25, 0.3) is 11.1 Å². The van der Waals surface area contributed by atoms with E-state index >= 15 is 0 Å². The smallest absolute Gasteiger partial charge is 0.407 e. The van der Waals surface area contributed by atoms with Crippen LogP contribution in [-0.2, 0) is 11.3 Å². The molecule has 170 valence electrons. The highest BCUT2D eigenvalue weighted by molar-refractivity contribution is 5.93. The molecule has 1 aliphatic rings. The Kier molecular flexibility index (Phi) is 6.37. The summed E-state index contributed by atoms with van der Waals surface area (Å²) in [6.45, 7) is 2.27. The highest BCUT2D eigenvalue weighted by Crippen LogP contribution is 2.38. The minimum absolute atomic E-state index is 0.00691. The second-order valence-corrected chi connectivity index (χ2v) is 8.26. The van der Waals surface area contributed by atoms with Crippen molar-refractivity contribution in [3.05, 3.63) is 83.4 Å². The maximum atomic E-state index is 14.0. The number of carbonyl (C=O) groups excluding carboxylic acids is 2. The quantitative estimate of drug-likeness (QED) is 0.537. The van der Waals surface area contributed by atoms with Gasteiger partial charge in [-0.25, -0.2) is 9.18 Å². The van der Waals surface area contributed by atoms with Crippen molar-refractivity contribution in [1.29, 1.82) is 0 Å². The first-order valence-corrected chi connectivity index (χ1v) is 10.5. The minimum atomic E-state index is -1.19. The number of carbonyl (C=O) groups is 2. The van der Waals surface area contributed by atoms with Crippen molar-refractivity contribution in [2.75, 3.05) is 24.5 Å². The molecule has 1 amide bonds. The lowest BCUT2D eigenvalue weighted by Crippen LogP contribution is -2.66. The van der Waals surface area contributed by atoms with Gasteiger partial charge in [0.1, 0.15) is 18.0 Å². The van der Waals surface area contributed by atoms with Crippen molar-refractivity contribution >= 4 is 18.1 Å². The number of anilines is 1. The van der Waals surface area contributed by atoms with E-state index in [4.69, 9.17) is 4.74 Å². The summed E-state index contributed by atoms with van der Waals surface area (Å²) in [4.78, 5) is 29.6. The fraction of sp³-hybridized carbons (Fsp3) is 0.240. The number of hydrogen-bond donors (Lipinski definition) is 2.